The van der Waals surface area contributed by atoms with Gasteiger partial charge in [-0.2, -0.15) is 0 Å². The first-order chi connectivity index (χ1) is 8.78. The molecule has 0 aromatic heterocycles. The van der Waals surface area contributed by atoms with Gasteiger partial charge in [0.05, 0.1) is 13.5 Å². The van der Waals surface area contributed by atoms with E-state index in [1.54, 1.807) is 12.1 Å². The van der Waals surface area contributed by atoms with Crippen LogP contribution in [-0.2, 0) is 10.4 Å². The van der Waals surface area contributed by atoms with E-state index in [9.17, 15) is 9.90 Å². The van der Waals surface area contributed by atoms with Crippen molar-refractivity contribution in [2.45, 2.75) is 39.2 Å². The second-order valence-electron chi connectivity index (χ2n) is 5.40. The summed E-state index contributed by atoms with van der Waals surface area (Å²) in [4.78, 5) is 11.1. The van der Waals surface area contributed by atoms with E-state index in [0.29, 0.717) is 17.7 Å². The maximum atomic E-state index is 11.1. The number of hydrogen-bond acceptors (Lipinski definition) is 3. The molecule has 4 heteroatoms. The van der Waals surface area contributed by atoms with Crippen molar-refractivity contribution < 1.29 is 19.7 Å². The van der Waals surface area contributed by atoms with E-state index >= 15 is 0 Å². The van der Waals surface area contributed by atoms with Crippen LogP contribution in [0.25, 0.3) is 0 Å². The summed E-state index contributed by atoms with van der Waals surface area (Å²) in [6.07, 6.45) is 0.0457. The van der Waals surface area contributed by atoms with Gasteiger partial charge in [-0.3, -0.25) is 4.79 Å². The molecular weight excluding hydrogens is 244 g/mol. The predicted octanol–water partition coefficient (Wildman–Crippen LogP) is 2.71. The molecule has 19 heavy (non-hydrogen) atoms. The molecule has 1 aromatic rings. The molecule has 106 valence electrons. The molecule has 0 radical (unpaired) electrons. The standard InChI is InChI=1S/C15H22O4/c1-10(2)8-15(18,9-14(16)17)12-7-11(3)5-6-13(12)19-4/h5-7,10,18H,8-9H2,1-4H3,(H,16,17). The molecule has 0 saturated heterocycles. The number of aliphatic hydroxyl groups is 1. The topological polar surface area (TPSA) is 66.8 Å². The highest BCUT2D eigenvalue weighted by Crippen LogP contribution is 2.38. The van der Waals surface area contributed by atoms with Crippen molar-refractivity contribution in [1.82, 2.24) is 0 Å². The van der Waals surface area contributed by atoms with Crippen LogP contribution in [0, 0.1) is 12.8 Å². The number of carboxylic acids is 1. The lowest BCUT2D eigenvalue weighted by Crippen LogP contribution is -2.31. The van der Waals surface area contributed by atoms with E-state index in [0.717, 1.165) is 5.56 Å². The van der Waals surface area contributed by atoms with Crippen LogP contribution in [0.5, 0.6) is 5.75 Å². The number of aliphatic carboxylic acids is 1. The molecule has 0 amide bonds. The molecule has 1 unspecified atom stereocenters. The molecule has 2 N–H and O–H groups in total. The van der Waals surface area contributed by atoms with Gasteiger partial charge in [-0.05, 0) is 31.4 Å². The number of carbonyl (C=O) groups is 1. The van der Waals surface area contributed by atoms with Crippen molar-refractivity contribution in [3.05, 3.63) is 29.3 Å². The average molecular weight is 266 g/mol. The molecule has 4 nitrogen and oxygen atoms in total. The predicted molar refractivity (Wildman–Crippen MR) is 73.3 cm³/mol. The first kappa shape index (κ1) is 15.5. The molecule has 0 aliphatic rings. The number of ether oxygens (including phenoxy) is 1. The highest BCUT2D eigenvalue weighted by atomic mass is 16.5. The van der Waals surface area contributed by atoms with Gasteiger partial charge in [-0.15, -0.1) is 0 Å². The summed E-state index contributed by atoms with van der Waals surface area (Å²) >= 11 is 0. The smallest absolute Gasteiger partial charge is 0.306 e. The van der Waals surface area contributed by atoms with Gasteiger partial charge in [0, 0.05) is 5.56 Å². The Morgan fingerprint density at radius 1 is 1.42 bits per heavy atom. The molecule has 0 aliphatic heterocycles. The van der Waals surface area contributed by atoms with Crippen molar-refractivity contribution in [2.24, 2.45) is 5.92 Å². The molecule has 1 rings (SSSR count). The number of rotatable bonds is 6. The van der Waals surface area contributed by atoms with Crippen LogP contribution in [0.1, 0.15) is 37.8 Å². The molecular formula is C15H22O4. The second kappa shape index (κ2) is 6.06. The highest BCUT2D eigenvalue weighted by Gasteiger charge is 2.35. The van der Waals surface area contributed by atoms with E-state index in [4.69, 9.17) is 9.84 Å². The normalized spacial score (nSPS) is 14.2. The summed E-state index contributed by atoms with van der Waals surface area (Å²) in [7, 11) is 1.52. The van der Waals surface area contributed by atoms with E-state index < -0.39 is 11.6 Å². The van der Waals surface area contributed by atoms with Crippen LogP contribution < -0.4 is 4.74 Å². The molecule has 0 fully saturated rings. The Morgan fingerprint density at radius 2 is 2.05 bits per heavy atom. The first-order valence-electron chi connectivity index (χ1n) is 6.38. The van der Waals surface area contributed by atoms with Crippen molar-refractivity contribution in [3.63, 3.8) is 0 Å². The third kappa shape index (κ3) is 3.96. The maximum absolute atomic E-state index is 11.1. The van der Waals surface area contributed by atoms with E-state index in [1.165, 1.54) is 7.11 Å². The minimum Gasteiger partial charge on any atom is -0.496 e. The van der Waals surface area contributed by atoms with Crippen LogP contribution in [-0.4, -0.2) is 23.3 Å². The number of benzene rings is 1. The highest BCUT2D eigenvalue weighted by molar-refractivity contribution is 5.69. The number of methoxy groups -OCH3 is 1. The Balaban J connectivity index is 3.30. The summed E-state index contributed by atoms with van der Waals surface area (Å²) in [5.74, 6) is -0.323. The average Bonchev–Trinajstić information content (AvgIpc) is 2.26. The van der Waals surface area contributed by atoms with Gasteiger partial charge in [0.15, 0.2) is 0 Å². The summed E-state index contributed by atoms with van der Waals surface area (Å²) in [5, 5.41) is 19.9. The van der Waals surface area contributed by atoms with Crippen molar-refractivity contribution >= 4 is 5.97 Å². The fourth-order valence-electron chi connectivity index (χ4n) is 2.39. The molecule has 0 heterocycles. The van der Waals surface area contributed by atoms with E-state index in [-0.39, 0.29) is 12.3 Å². The lowest BCUT2D eigenvalue weighted by molar-refractivity contribution is -0.143. The Morgan fingerprint density at radius 3 is 2.53 bits per heavy atom. The Kier molecular flexibility index (Phi) is 4.95. The largest absolute Gasteiger partial charge is 0.496 e. The minimum atomic E-state index is -1.41. The fourth-order valence-corrected chi connectivity index (χ4v) is 2.39. The van der Waals surface area contributed by atoms with Crippen LogP contribution in [0.3, 0.4) is 0 Å². The van der Waals surface area contributed by atoms with Crippen molar-refractivity contribution in [3.8, 4) is 5.75 Å². The fraction of sp³-hybridized carbons (Fsp3) is 0.533. The minimum absolute atomic E-state index is 0.176. The van der Waals surface area contributed by atoms with Crippen molar-refractivity contribution in [2.75, 3.05) is 7.11 Å². The maximum Gasteiger partial charge on any atom is 0.306 e. The van der Waals surface area contributed by atoms with Crippen LogP contribution in [0.4, 0.5) is 0 Å². The van der Waals surface area contributed by atoms with Gasteiger partial charge in [0.25, 0.3) is 0 Å². The van der Waals surface area contributed by atoms with Crippen LogP contribution in [0.2, 0.25) is 0 Å². The van der Waals surface area contributed by atoms with Gasteiger partial charge in [0.2, 0.25) is 0 Å². The second-order valence-corrected chi connectivity index (χ2v) is 5.40. The summed E-state index contributed by atoms with van der Waals surface area (Å²) < 4.78 is 5.26. The number of hydrogen-bond donors (Lipinski definition) is 2. The van der Waals surface area contributed by atoms with E-state index in [1.807, 2.05) is 26.8 Å². The monoisotopic (exact) mass is 266 g/mol. The van der Waals surface area contributed by atoms with Gasteiger partial charge < -0.3 is 14.9 Å². The van der Waals surface area contributed by atoms with Gasteiger partial charge in [-0.1, -0.05) is 25.5 Å². The lowest BCUT2D eigenvalue weighted by atomic mass is 9.82. The van der Waals surface area contributed by atoms with Gasteiger partial charge in [-0.25, -0.2) is 0 Å². The Bertz CT molecular complexity index is 453. The SMILES string of the molecule is COc1ccc(C)cc1C(O)(CC(=O)O)CC(C)C. The Labute approximate surface area is 114 Å². The zero-order valence-electron chi connectivity index (χ0n) is 11.9. The quantitative estimate of drug-likeness (QED) is 0.830. The number of carboxylic acid groups (broad SMARTS) is 1. The number of aryl methyl sites for hydroxylation is 1. The summed E-state index contributed by atoms with van der Waals surface area (Å²) in [6, 6.07) is 5.43. The molecule has 0 saturated carbocycles. The third-order valence-corrected chi connectivity index (χ3v) is 3.05. The lowest BCUT2D eigenvalue weighted by Gasteiger charge is -2.30. The third-order valence-electron chi connectivity index (χ3n) is 3.05. The van der Waals surface area contributed by atoms with Crippen molar-refractivity contribution in [1.29, 1.82) is 0 Å². The molecule has 0 spiro atoms. The van der Waals surface area contributed by atoms with E-state index in [2.05, 4.69) is 0 Å². The summed E-state index contributed by atoms with van der Waals surface area (Å²) in [5.41, 5.74) is 0.103. The zero-order valence-corrected chi connectivity index (χ0v) is 11.9. The molecule has 0 bridgehead atoms. The molecule has 1 aromatic carbocycles. The first-order valence-corrected chi connectivity index (χ1v) is 6.38. The zero-order chi connectivity index (χ0) is 14.6. The van der Waals surface area contributed by atoms with Gasteiger partial charge >= 0.3 is 5.97 Å². The molecule has 1 atom stereocenters. The van der Waals surface area contributed by atoms with Crippen LogP contribution >= 0.6 is 0 Å². The Hall–Kier alpha value is -1.55. The summed E-state index contributed by atoms with van der Waals surface area (Å²) in [6.45, 7) is 5.81. The van der Waals surface area contributed by atoms with Gasteiger partial charge in [0.1, 0.15) is 11.4 Å². The van der Waals surface area contributed by atoms with Crippen LogP contribution in [0.15, 0.2) is 18.2 Å². The molecule has 0 aliphatic carbocycles.